The minimum atomic E-state index is 0. The van der Waals surface area contributed by atoms with Gasteiger partial charge in [-0.3, -0.25) is 0 Å². The fourth-order valence-electron chi connectivity index (χ4n) is 1.41. The van der Waals surface area contributed by atoms with Gasteiger partial charge in [-0.2, -0.15) is 27.8 Å². The molecule has 0 unspecified atom stereocenters. The van der Waals surface area contributed by atoms with Crippen LogP contribution in [0.4, 0.5) is 0 Å². The first-order valence-electron chi connectivity index (χ1n) is 4.12. The van der Waals surface area contributed by atoms with Crippen molar-refractivity contribution >= 4 is 0 Å². The molecule has 1 aromatic carbocycles. The van der Waals surface area contributed by atoms with Crippen LogP contribution in [0.3, 0.4) is 0 Å². The Morgan fingerprint density at radius 2 is 1.00 bits per heavy atom. The van der Waals surface area contributed by atoms with Gasteiger partial charge in [0.05, 0.1) is 0 Å². The zero-order chi connectivity index (χ0) is 11.9. The first-order chi connectivity index (χ1) is 6.55. The van der Waals surface area contributed by atoms with E-state index < -0.39 is 0 Å². The van der Waals surface area contributed by atoms with Gasteiger partial charge < -0.3 is 28.4 Å². The third kappa shape index (κ3) is 5.36. The molecule has 94 valence electrons. The van der Waals surface area contributed by atoms with Crippen molar-refractivity contribution in [2.75, 3.05) is 0 Å². The smallest absolute Gasteiger partial charge is 0 e. The topological polar surface area (TPSA) is 78.7 Å². The first kappa shape index (κ1) is 24.5. The van der Waals surface area contributed by atoms with E-state index in [1.54, 1.807) is 0 Å². The summed E-state index contributed by atoms with van der Waals surface area (Å²) in [4.78, 5) is 14.5. The van der Waals surface area contributed by atoms with Crippen LogP contribution in [0.1, 0.15) is 27.8 Å². The number of rotatable bonds is 0. The summed E-state index contributed by atoms with van der Waals surface area (Å²) in [6.45, 7) is 11.0. The van der Waals surface area contributed by atoms with E-state index in [9.17, 15) is 0 Å². The Hall–Kier alpha value is -0.762. The first-order valence-corrected chi connectivity index (χ1v) is 4.12. The third-order valence-corrected chi connectivity index (χ3v) is 2.81. The van der Waals surface area contributed by atoms with E-state index in [4.69, 9.17) is 21.0 Å². The predicted octanol–water partition coefficient (Wildman–Crippen LogP) is 4.04. The Bertz CT molecular complexity index is 216. The van der Waals surface area contributed by atoms with Gasteiger partial charge in [0.2, 0.25) is 0 Å². The van der Waals surface area contributed by atoms with Crippen molar-refractivity contribution in [3.8, 4) is 0 Å². The Labute approximate surface area is 112 Å². The van der Waals surface area contributed by atoms with Crippen molar-refractivity contribution in [3.63, 3.8) is 0 Å². The fourth-order valence-corrected chi connectivity index (χ4v) is 1.41. The van der Waals surface area contributed by atoms with Crippen LogP contribution in [0, 0.1) is 51.9 Å². The zero-order valence-corrected chi connectivity index (χ0v) is 13.6. The van der Waals surface area contributed by atoms with E-state index in [2.05, 4.69) is 34.6 Å². The molecule has 1 aromatic rings. The summed E-state index contributed by atoms with van der Waals surface area (Å²) in [5.41, 5.74) is 18.8. The summed E-state index contributed by atoms with van der Waals surface area (Å²) in [5.74, 6) is 0. The second-order valence-electron chi connectivity index (χ2n) is 3.12. The average molecular weight is 394 g/mol. The average Bonchev–Trinajstić information content (AvgIpc) is 2.42. The minimum absolute atomic E-state index is 0. The van der Waals surface area contributed by atoms with E-state index in [-0.39, 0.29) is 28.5 Å². The van der Waals surface area contributed by atoms with E-state index in [1.165, 1.54) is 27.8 Å². The molecule has 0 aliphatic heterocycles. The van der Waals surface area contributed by atoms with E-state index in [0.717, 1.165) is 0 Å². The molecule has 0 heterocycles. The van der Waals surface area contributed by atoms with Crippen LogP contribution in [0.15, 0.2) is 0 Å². The van der Waals surface area contributed by atoms with Crippen LogP contribution in [0.5, 0.6) is 0 Å². The van der Waals surface area contributed by atoms with Crippen molar-refractivity contribution in [2.24, 2.45) is 0 Å². The van der Waals surface area contributed by atoms with Crippen LogP contribution in [-0.4, -0.2) is 0 Å². The van der Waals surface area contributed by atoms with Crippen molar-refractivity contribution in [1.29, 1.82) is 0 Å². The second kappa shape index (κ2) is 12.3. The molecule has 0 bridgehead atoms. The van der Waals surface area contributed by atoms with Gasteiger partial charge in [0.25, 0.3) is 0 Å². The van der Waals surface area contributed by atoms with Gasteiger partial charge in [-0.25, -0.2) is 0 Å². The Kier molecular flexibility index (Phi) is 18.8. The van der Waals surface area contributed by atoms with Crippen molar-refractivity contribution in [2.45, 2.75) is 34.6 Å². The minimum Gasteiger partial charge on any atom is -0.577 e. The number of nitroso groups, excluding NO2 is 2. The van der Waals surface area contributed by atoms with Crippen LogP contribution in [0.2, 0.25) is 0 Å². The van der Waals surface area contributed by atoms with Crippen LogP contribution >= 0.6 is 0 Å². The van der Waals surface area contributed by atoms with Crippen molar-refractivity contribution in [3.05, 3.63) is 56.2 Å². The summed E-state index contributed by atoms with van der Waals surface area (Å²) < 4.78 is 0. The summed E-state index contributed by atoms with van der Waals surface area (Å²) in [6, 6.07) is 0. The van der Waals surface area contributed by atoms with Crippen molar-refractivity contribution in [1.82, 2.24) is 0 Å². The standard InChI is InChI=1S/C10H15.CH3.2NO.W/c1-6-7(2)9(4)10(5)8(6)3;;2*1-2;/h1-5H3;1H3;;;/q4*-1;. The molecule has 0 radical (unpaired) electrons. The summed E-state index contributed by atoms with van der Waals surface area (Å²) in [7, 11) is 0. The summed E-state index contributed by atoms with van der Waals surface area (Å²) in [6.07, 6.45) is 0. The third-order valence-electron chi connectivity index (χ3n) is 2.81. The van der Waals surface area contributed by atoms with E-state index in [0.29, 0.717) is 0 Å². The quantitative estimate of drug-likeness (QED) is 0.623. The molecule has 4 nitrogen and oxygen atoms in total. The molecule has 0 saturated heterocycles. The number of nitrogens with zero attached hydrogens (tertiary/aromatic N) is 2. The summed E-state index contributed by atoms with van der Waals surface area (Å²) >= 11 is 0. The molecule has 0 atom stereocenters. The normalized spacial score (nSPS) is 7.06. The van der Waals surface area contributed by atoms with E-state index >= 15 is 0 Å². The van der Waals surface area contributed by atoms with Gasteiger partial charge in [-0.05, 0) is 0 Å². The SMILES string of the molecule is Cc1c(C)c(C)[c-](C)c1C.[CH3-].[N-]=O.[N-]=O.[W]. The van der Waals surface area contributed by atoms with E-state index in [1.807, 2.05) is 0 Å². The molecule has 0 saturated carbocycles. The predicted molar refractivity (Wildman–Crippen MR) is 65.6 cm³/mol. The monoisotopic (exact) mass is 394 g/mol. The Morgan fingerprint density at radius 1 is 0.812 bits per heavy atom. The second-order valence-corrected chi connectivity index (χ2v) is 3.12. The molecule has 0 aromatic heterocycles. The summed E-state index contributed by atoms with van der Waals surface area (Å²) in [5, 5.41) is 0. The van der Waals surface area contributed by atoms with Crippen LogP contribution in [0.25, 0.3) is 11.2 Å². The van der Waals surface area contributed by atoms with Gasteiger partial charge in [-0.1, -0.05) is 34.6 Å². The Morgan fingerprint density at radius 3 is 1.06 bits per heavy atom. The van der Waals surface area contributed by atoms with Gasteiger partial charge in [0.15, 0.2) is 0 Å². The molecule has 0 spiro atoms. The van der Waals surface area contributed by atoms with Gasteiger partial charge in [0, 0.05) is 21.1 Å². The molecular weight excluding hydrogens is 376 g/mol. The molecular formula is C11H18N2O2W-4. The van der Waals surface area contributed by atoms with Gasteiger partial charge in [-0.15, -0.1) is 0 Å². The van der Waals surface area contributed by atoms with Crippen LogP contribution in [-0.2, 0) is 21.1 Å². The molecule has 0 fully saturated rings. The number of hydrogen-bond donors (Lipinski definition) is 0. The van der Waals surface area contributed by atoms with Crippen molar-refractivity contribution < 1.29 is 21.1 Å². The molecule has 16 heavy (non-hydrogen) atoms. The fraction of sp³-hybridized carbons (Fsp3) is 0.455. The molecule has 0 aliphatic carbocycles. The van der Waals surface area contributed by atoms with Gasteiger partial charge >= 0.3 is 0 Å². The molecule has 1 rings (SSSR count). The molecule has 0 N–H and O–H groups in total. The molecule has 5 heteroatoms. The largest absolute Gasteiger partial charge is 0.577 e. The zero-order valence-electron chi connectivity index (χ0n) is 10.6. The Balaban J connectivity index is -0.000000109. The maximum atomic E-state index is 7.25. The maximum Gasteiger partial charge on any atom is 0 e. The number of hydrogen-bond acceptors (Lipinski definition) is 2. The molecule has 0 aliphatic rings. The van der Waals surface area contributed by atoms with Gasteiger partial charge in [0.1, 0.15) is 0 Å². The molecule has 0 amide bonds. The maximum absolute atomic E-state index is 7.25. The van der Waals surface area contributed by atoms with Crippen LogP contribution < -0.4 is 0 Å².